The summed E-state index contributed by atoms with van der Waals surface area (Å²) in [5.41, 5.74) is 0.0456. The minimum absolute atomic E-state index is 0.0456. The second kappa shape index (κ2) is 4.99. The first-order chi connectivity index (χ1) is 8.46. The average molecular weight is 244 g/mol. The van der Waals surface area contributed by atoms with Gasteiger partial charge in [-0.25, -0.2) is 0 Å². The molecule has 1 unspecified atom stereocenters. The van der Waals surface area contributed by atoms with E-state index in [1.165, 1.54) is 0 Å². The summed E-state index contributed by atoms with van der Waals surface area (Å²) < 4.78 is 5.66. The zero-order chi connectivity index (χ0) is 13.2. The fourth-order valence-electron chi connectivity index (χ4n) is 2.01. The number of ether oxygens (including phenoxy) is 1. The van der Waals surface area contributed by atoms with Crippen molar-refractivity contribution in [3.05, 3.63) is 42.5 Å². The zero-order valence-electron chi connectivity index (χ0n) is 11.2. The summed E-state index contributed by atoms with van der Waals surface area (Å²) in [5, 5.41) is 12.1. The number of benzene rings is 2. The SMILES string of the molecule is CC(C)(C)CC(O)Oc1cccc2ccccc12. The molecule has 0 aliphatic rings. The summed E-state index contributed by atoms with van der Waals surface area (Å²) in [6.45, 7) is 6.26. The summed E-state index contributed by atoms with van der Waals surface area (Å²) in [4.78, 5) is 0. The van der Waals surface area contributed by atoms with Crippen LogP contribution >= 0.6 is 0 Å². The Hall–Kier alpha value is -1.54. The molecule has 0 aliphatic heterocycles. The van der Waals surface area contributed by atoms with E-state index in [1.807, 2.05) is 42.5 Å². The lowest BCUT2D eigenvalue weighted by molar-refractivity contribution is -0.0430. The van der Waals surface area contributed by atoms with E-state index >= 15 is 0 Å². The Balaban J connectivity index is 2.21. The van der Waals surface area contributed by atoms with Crippen molar-refractivity contribution in [3.63, 3.8) is 0 Å². The van der Waals surface area contributed by atoms with Crippen LogP contribution < -0.4 is 4.74 Å². The van der Waals surface area contributed by atoms with Crippen LogP contribution in [0.2, 0.25) is 0 Å². The molecule has 0 heterocycles. The van der Waals surface area contributed by atoms with E-state index in [2.05, 4.69) is 20.8 Å². The third-order valence-electron chi connectivity index (χ3n) is 2.80. The standard InChI is InChI=1S/C16H20O2/c1-16(2,3)11-15(17)18-14-10-6-8-12-7-4-5-9-13(12)14/h4-10,15,17H,11H2,1-3H3. The summed E-state index contributed by atoms with van der Waals surface area (Å²) in [7, 11) is 0. The monoisotopic (exact) mass is 244 g/mol. The first-order valence-electron chi connectivity index (χ1n) is 6.28. The van der Waals surface area contributed by atoms with Gasteiger partial charge in [0.05, 0.1) is 0 Å². The number of aliphatic hydroxyl groups excluding tert-OH is 1. The van der Waals surface area contributed by atoms with Gasteiger partial charge in [0.15, 0.2) is 6.29 Å². The Morgan fingerprint density at radius 2 is 1.72 bits per heavy atom. The van der Waals surface area contributed by atoms with Crippen molar-refractivity contribution in [1.29, 1.82) is 0 Å². The van der Waals surface area contributed by atoms with Crippen LogP contribution in [-0.2, 0) is 0 Å². The normalized spacial score (nSPS) is 13.6. The molecule has 1 N–H and O–H groups in total. The molecule has 0 spiro atoms. The summed E-state index contributed by atoms with van der Waals surface area (Å²) in [6.07, 6.45) is -0.160. The van der Waals surface area contributed by atoms with Crippen LogP contribution in [0.25, 0.3) is 10.8 Å². The van der Waals surface area contributed by atoms with Crippen molar-refractivity contribution in [2.24, 2.45) is 5.41 Å². The molecule has 2 heteroatoms. The lowest BCUT2D eigenvalue weighted by Gasteiger charge is -2.23. The maximum Gasteiger partial charge on any atom is 0.197 e. The predicted molar refractivity (Wildman–Crippen MR) is 74.7 cm³/mol. The highest BCUT2D eigenvalue weighted by Gasteiger charge is 2.18. The van der Waals surface area contributed by atoms with Crippen molar-refractivity contribution in [2.75, 3.05) is 0 Å². The highest BCUT2D eigenvalue weighted by Crippen LogP contribution is 2.28. The van der Waals surface area contributed by atoms with Crippen molar-refractivity contribution in [3.8, 4) is 5.75 Å². The largest absolute Gasteiger partial charge is 0.464 e. The van der Waals surface area contributed by atoms with Gasteiger partial charge in [-0.15, -0.1) is 0 Å². The third-order valence-corrected chi connectivity index (χ3v) is 2.80. The molecule has 0 saturated carbocycles. The van der Waals surface area contributed by atoms with Crippen LogP contribution in [-0.4, -0.2) is 11.4 Å². The first kappa shape index (κ1) is 12.9. The molecule has 0 bridgehead atoms. The van der Waals surface area contributed by atoms with Crippen LogP contribution in [0.1, 0.15) is 27.2 Å². The van der Waals surface area contributed by atoms with Crippen LogP contribution in [0.5, 0.6) is 5.75 Å². The van der Waals surface area contributed by atoms with Gasteiger partial charge in [-0.05, 0) is 16.9 Å². The number of fused-ring (bicyclic) bond motifs is 1. The smallest absolute Gasteiger partial charge is 0.197 e. The van der Waals surface area contributed by atoms with Crippen LogP contribution in [0.4, 0.5) is 0 Å². The molecular weight excluding hydrogens is 224 g/mol. The van der Waals surface area contributed by atoms with Gasteiger partial charge in [-0.2, -0.15) is 0 Å². The van der Waals surface area contributed by atoms with Gasteiger partial charge in [-0.1, -0.05) is 57.2 Å². The van der Waals surface area contributed by atoms with Gasteiger partial charge in [0.2, 0.25) is 0 Å². The predicted octanol–water partition coefficient (Wildman–Crippen LogP) is 3.97. The van der Waals surface area contributed by atoms with Gasteiger partial charge in [0.1, 0.15) is 5.75 Å². The van der Waals surface area contributed by atoms with Gasteiger partial charge in [0.25, 0.3) is 0 Å². The number of hydrogen-bond donors (Lipinski definition) is 1. The van der Waals surface area contributed by atoms with Crippen LogP contribution in [0.15, 0.2) is 42.5 Å². The lowest BCUT2D eigenvalue weighted by atomic mass is 9.92. The van der Waals surface area contributed by atoms with Gasteiger partial charge in [-0.3, -0.25) is 0 Å². The maximum absolute atomic E-state index is 9.98. The molecule has 2 aromatic rings. The van der Waals surface area contributed by atoms with E-state index in [4.69, 9.17) is 4.74 Å². The minimum atomic E-state index is -0.768. The Morgan fingerprint density at radius 1 is 1.06 bits per heavy atom. The molecule has 18 heavy (non-hydrogen) atoms. The fraction of sp³-hybridized carbons (Fsp3) is 0.375. The van der Waals surface area contributed by atoms with E-state index in [0.29, 0.717) is 6.42 Å². The Labute approximate surface area is 108 Å². The zero-order valence-corrected chi connectivity index (χ0v) is 11.2. The maximum atomic E-state index is 9.98. The second-order valence-corrected chi connectivity index (χ2v) is 5.81. The molecule has 1 atom stereocenters. The van der Waals surface area contributed by atoms with E-state index in [-0.39, 0.29) is 5.41 Å². The fourth-order valence-corrected chi connectivity index (χ4v) is 2.01. The second-order valence-electron chi connectivity index (χ2n) is 5.81. The van der Waals surface area contributed by atoms with Crippen molar-refractivity contribution in [2.45, 2.75) is 33.5 Å². The van der Waals surface area contributed by atoms with E-state index in [9.17, 15) is 5.11 Å². The molecular formula is C16H20O2. The average Bonchev–Trinajstić information content (AvgIpc) is 2.27. The van der Waals surface area contributed by atoms with Crippen molar-refractivity contribution >= 4 is 10.8 Å². The first-order valence-corrected chi connectivity index (χ1v) is 6.28. The van der Waals surface area contributed by atoms with Gasteiger partial charge < -0.3 is 9.84 Å². The molecule has 0 fully saturated rings. The number of aliphatic hydroxyl groups is 1. The van der Waals surface area contributed by atoms with Gasteiger partial charge >= 0.3 is 0 Å². The molecule has 0 aromatic heterocycles. The quantitative estimate of drug-likeness (QED) is 0.828. The molecule has 0 aliphatic carbocycles. The molecule has 2 rings (SSSR count). The van der Waals surface area contributed by atoms with E-state index in [0.717, 1.165) is 16.5 Å². The Bertz CT molecular complexity index is 521. The summed E-state index contributed by atoms with van der Waals surface area (Å²) in [6, 6.07) is 13.9. The Kier molecular flexibility index (Phi) is 3.58. The minimum Gasteiger partial charge on any atom is -0.464 e. The lowest BCUT2D eigenvalue weighted by Crippen LogP contribution is -2.23. The highest BCUT2D eigenvalue weighted by atomic mass is 16.6. The molecule has 96 valence electrons. The molecule has 2 aromatic carbocycles. The van der Waals surface area contributed by atoms with Crippen LogP contribution in [0.3, 0.4) is 0 Å². The Morgan fingerprint density at radius 3 is 2.44 bits per heavy atom. The van der Waals surface area contributed by atoms with Crippen LogP contribution in [0, 0.1) is 5.41 Å². The molecule has 0 amide bonds. The topological polar surface area (TPSA) is 29.5 Å². The third kappa shape index (κ3) is 3.23. The summed E-state index contributed by atoms with van der Waals surface area (Å²) in [5.74, 6) is 0.741. The highest BCUT2D eigenvalue weighted by molar-refractivity contribution is 5.88. The number of hydrogen-bond acceptors (Lipinski definition) is 2. The van der Waals surface area contributed by atoms with Gasteiger partial charge in [0, 0.05) is 11.8 Å². The van der Waals surface area contributed by atoms with E-state index < -0.39 is 6.29 Å². The van der Waals surface area contributed by atoms with Crippen molar-refractivity contribution in [1.82, 2.24) is 0 Å². The summed E-state index contributed by atoms with van der Waals surface area (Å²) >= 11 is 0. The molecule has 2 nitrogen and oxygen atoms in total. The van der Waals surface area contributed by atoms with Crippen molar-refractivity contribution < 1.29 is 9.84 Å². The number of rotatable bonds is 3. The molecule has 0 radical (unpaired) electrons. The van der Waals surface area contributed by atoms with E-state index in [1.54, 1.807) is 0 Å². The molecule has 0 saturated heterocycles.